The fourth-order valence-electron chi connectivity index (χ4n) is 3.08. The van der Waals surface area contributed by atoms with Gasteiger partial charge >= 0.3 is 5.91 Å². The zero-order valence-electron chi connectivity index (χ0n) is 17.9. The van der Waals surface area contributed by atoms with Crippen molar-refractivity contribution in [2.24, 2.45) is 0 Å². The Morgan fingerprint density at radius 3 is 2.32 bits per heavy atom. The van der Waals surface area contributed by atoms with Gasteiger partial charge in [-0.25, -0.2) is 4.68 Å². The third-order valence-corrected chi connectivity index (χ3v) is 4.89. The van der Waals surface area contributed by atoms with E-state index in [2.05, 4.69) is 16.0 Å². The molecule has 160 valence electrons. The van der Waals surface area contributed by atoms with Crippen molar-refractivity contribution in [2.75, 3.05) is 6.61 Å². The predicted octanol–water partition coefficient (Wildman–Crippen LogP) is 2.52. The lowest BCUT2D eigenvalue weighted by Gasteiger charge is -2.10. The van der Waals surface area contributed by atoms with E-state index < -0.39 is 17.6 Å². The fraction of sp³-hybridized carbons (Fsp3) is 0.217. The number of hydrogen-bond donors (Lipinski definition) is 2. The Bertz CT molecular complexity index is 1140. The first-order valence-corrected chi connectivity index (χ1v) is 9.73. The van der Waals surface area contributed by atoms with Crippen molar-refractivity contribution in [2.45, 2.75) is 27.7 Å². The van der Waals surface area contributed by atoms with E-state index in [-0.39, 0.29) is 12.2 Å². The molecular formula is C23H24N4O4. The molecule has 0 radical (unpaired) electrons. The van der Waals surface area contributed by atoms with Crippen LogP contribution < -0.4 is 15.6 Å². The molecule has 0 atom stereocenters. The molecule has 31 heavy (non-hydrogen) atoms. The Hall–Kier alpha value is -3.94. The molecule has 3 aromatic rings. The number of ketones is 1. The molecule has 2 aromatic carbocycles. The standard InChI is InChI=1S/C23H24N4O4/c1-14-10-11-19(12-15(14)2)31-13-20(28)24-25-23(30)22(29)21-16(3)26-27(17(21)4)18-8-6-5-7-9-18/h5-12H,13H2,1-4H3,(H,24,28)(H,25,30). The largest absolute Gasteiger partial charge is 0.484 e. The average molecular weight is 420 g/mol. The topological polar surface area (TPSA) is 102 Å². The minimum Gasteiger partial charge on any atom is -0.484 e. The quantitative estimate of drug-likeness (QED) is 0.362. The second-order valence-corrected chi connectivity index (χ2v) is 7.16. The zero-order chi connectivity index (χ0) is 22.5. The number of rotatable bonds is 6. The molecule has 1 heterocycles. The zero-order valence-corrected chi connectivity index (χ0v) is 17.9. The van der Waals surface area contributed by atoms with Gasteiger partial charge in [-0.2, -0.15) is 5.10 Å². The number of amides is 2. The molecule has 0 fully saturated rings. The highest BCUT2D eigenvalue weighted by atomic mass is 16.5. The molecule has 0 saturated heterocycles. The number of nitrogens with one attached hydrogen (secondary N) is 2. The molecule has 3 rings (SSSR count). The minimum atomic E-state index is -0.960. The number of Topliss-reactive ketones (excluding diaryl/α,β-unsaturated/α-hetero) is 1. The van der Waals surface area contributed by atoms with Crippen LogP contribution >= 0.6 is 0 Å². The van der Waals surface area contributed by atoms with E-state index >= 15 is 0 Å². The summed E-state index contributed by atoms with van der Waals surface area (Å²) in [5, 5.41) is 4.36. The van der Waals surface area contributed by atoms with Gasteiger partial charge in [-0.3, -0.25) is 25.2 Å². The van der Waals surface area contributed by atoms with Crippen LogP contribution in [0.3, 0.4) is 0 Å². The summed E-state index contributed by atoms with van der Waals surface area (Å²) in [4.78, 5) is 36.9. The van der Waals surface area contributed by atoms with Gasteiger partial charge < -0.3 is 4.74 Å². The maximum absolute atomic E-state index is 12.6. The van der Waals surface area contributed by atoms with Gasteiger partial charge in [0.15, 0.2) is 6.61 Å². The monoisotopic (exact) mass is 420 g/mol. The van der Waals surface area contributed by atoms with E-state index in [1.165, 1.54) is 0 Å². The van der Waals surface area contributed by atoms with E-state index in [4.69, 9.17) is 4.74 Å². The van der Waals surface area contributed by atoms with E-state index in [0.29, 0.717) is 17.1 Å². The fourth-order valence-corrected chi connectivity index (χ4v) is 3.08. The maximum atomic E-state index is 12.6. The Morgan fingerprint density at radius 1 is 0.935 bits per heavy atom. The van der Waals surface area contributed by atoms with E-state index in [1.807, 2.05) is 56.3 Å². The van der Waals surface area contributed by atoms with Crippen LogP contribution in [0.15, 0.2) is 48.5 Å². The highest BCUT2D eigenvalue weighted by Crippen LogP contribution is 2.18. The van der Waals surface area contributed by atoms with E-state index in [9.17, 15) is 14.4 Å². The number of aryl methyl sites for hydroxylation is 3. The Balaban J connectivity index is 1.59. The number of nitrogens with zero attached hydrogens (tertiary/aromatic N) is 2. The first-order chi connectivity index (χ1) is 14.8. The Kier molecular flexibility index (Phi) is 6.49. The second-order valence-electron chi connectivity index (χ2n) is 7.16. The van der Waals surface area contributed by atoms with Crippen molar-refractivity contribution in [3.63, 3.8) is 0 Å². The minimum absolute atomic E-state index is 0.196. The van der Waals surface area contributed by atoms with Gasteiger partial charge in [-0.15, -0.1) is 0 Å². The molecule has 1 aromatic heterocycles. The third kappa shape index (κ3) is 4.98. The van der Waals surface area contributed by atoms with Crippen LogP contribution in [0.25, 0.3) is 5.69 Å². The van der Waals surface area contributed by atoms with E-state index in [0.717, 1.165) is 16.8 Å². The van der Waals surface area contributed by atoms with Gasteiger partial charge in [-0.05, 0) is 63.1 Å². The van der Waals surface area contributed by atoms with Crippen molar-refractivity contribution in [1.29, 1.82) is 0 Å². The molecular weight excluding hydrogens is 396 g/mol. The third-order valence-electron chi connectivity index (χ3n) is 4.89. The van der Waals surface area contributed by atoms with Crippen LogP contribution in [0.4, 0.5) is 0 Å². The summed E-state index contributed by atoms with van der Waals surface area (Å²) in [6.45, 7) is 6.98. The van der Waals surface area contributed by atoms with Crippen LogP contribution in [0.5, 0.6) is 5.75 Å². The highest BCUT2D eigenvalue weighted by Gasteiger charge is 2.25. The number of para-hydroxylation sites is 1. The smallest absolute Gasteiger partial charge is 0.310 e. The molecule has 0 unspecified atom stereocenters. The predicted molar refractivity (Wildman–Crippen MR) is 115 cm³/mol. The molecule has 2 amide bonds. The van der Waals surface area contributed by atoms with Crippen molar-refractivity contribution in [1.82, 2.24) is 20.6 Å². The molecule has 0 aliphatic heterocycles. The maximum Gasteiger partial charge on any atom is 0.310 e. The molecule has 0 bridgehead atoms. The number of carbonyl (C=O) groups is 3. The Morgan fingerprint density at radius 2 is 1.65 bits per heavy atom. The molecule has 8 heteroatoms. The first-order valence-electron chi connectivity index (χ1n) is 9.73. The average Bonchev–Trinajstić information content (AvgIpc) is 3.06. The number of ether oxygens (including phenoxy) is 1. The highest BCUT2D eigenvalue weighted by molar-refractivity contribution is 6.43. The molecule has 0 spiro atoms. The van der Waals surface area contributed by atoms with Crippen molar-refractivity contribution < 1.29 is 19.1 Å². The van der Waals surface area contributed by atoms with Gasteiger partial charge in [0, 0.05) is 0 Å². The number of hydrazine groups is 1. The van der Waals surface area contributed by atoms with Crippen LogP contribution in [-0.2, 0) is 9.59 Å². The summed E-state index contributed by atoms with van der Waals surface area (Å²) in [5.74, 6) is -1.79. The van der Waals surface area contributed by atoms with Gasteiger partial charge in [0.2, 0.25) is 0 Å². The summed E-state index contributed by atoms with van der Waals surface area (Å²) < 4.78 is 7.01. The number of aromatic nitrogens is 2. The number of carbonyl (C=O) groups excluding carboxylic acids is 3. The summed E-state index contributed by atoms with van der Waals surface area (Å²) in [6, 6.07) is 14.8. The molecule has 0 aliphatic carbocycles. The van der Waals surface area contributed by atoms with Crippen LogP contribution in [0, 0.1) is 27.7 Å². The van der Waals surface area contributed by atoms with Crippen LogP contribution in [0.1, 0.15) is 32.9 Å². The lowest BCUT2D eigenvalue weighted by atomic mass is 10.1. The molecule has 8 nitrogen and oxygen atoms in total. The second kappa shape index (κ2) is 9.25. The van der Waals surface area contributed by atoms with Crippen LogP contribution in [0.2, 0.25) is 0 Å². The summed E-state index contributed by atoms with van der Waals surface area (Å²) >= 11 is 0. The van der Waals surface area contributed by atoms with Crippen molar-refractivity contribution in [3.05, 3.63) is 76.6 Å². The Labute approximate surface area is 180 Å². The summed E-state index contributed by atoms with van der Waals surface area (Å²) in [7, 11) is 0. The van der Waals surface area contributed by atoms with Gasteiger partial charge in [-0.1, -0.05) is 24.3 Å². The van der Waals surface area contributed by atoms with Crippen LogP contribution in [-0.4, -0.2) is 34.0 Å². The lowest BCUT2D eigenvalue weighted by molar-refractivity contribution is -0.128. The number of hydrogen-bond acceptors (Lipinski definition) is 5. The lowest BCUT2D eigenvalue weighted by Crippen LogP contribution is -2.46. The normalized spacial score (nSPS) is 10.5. The molecule has 0 saturated carbocycles. The van der Waals surface area contributed by atoms with Crippen molar-refractivity contribution in [3.8, 4) is 11.4 Å². The van der Waals surface area contributed by atoms with Gasteiger partial charge in [0.25, 0.3) is 11.7 Å². The van der Waals surface area contributed by atoms with Gasteiger partial charge in [0.1, 0.15) is 5.75 Å². The van der Waals surface area contributed by atoms with Gasteiger partial charge in [0.05, 0.1) is 22.6 Å². The molecule has 0 aliphatic rings. The van der Waals surface area contributed by atoms with E-state index in [1.54, 1.807) is 24.6 Å². The van der Waals surface area contributed by atoms with Crippen molar-refractivity contribution >= 4 is 17.6 Å². The number of benzene rings is 2. The summed E-state index contributed by atoms with van der Waals surface area (Å²) in [5.41, 5.74) is 8.42. The molecule has 2 N–H and O–H groups in total. The summed E-state index contributed by atoms with van der Waals surface area (Å²) in [6.07, 6.45) is 0. The SMILES string of the molecule is Cc1ccc(OCC(=O)NNC(=O)C(=O)c2c(C)nn(-c3ccccc3)c2C)cc1C. The first kappa shape index (κ1) is 21.8.